The maximum absolute atomic E-state index is 11.2. The van der Waals surface area contributed by atoms with E-state index in [1.165, 1.54) is 6.20 Å². The number of carboxylic acid groups (broad SMARTS) is 1. The van der Waals surface area contributed by atoms with E-state index >= 15 is 0 Å². The first kappa shape index (κ1) is 12.5. The molecule has 1 heterocycles. The first-order valence-corrected chi connectivity index (χ1v) is 5.46. The van der Waals surface area contributed by atoms with Gasteiger partial charge in [-0.05, 0) is 6.07 Å². The highest BCUT2D eigenvalue weighted by Gasteiger charge is 2.16. The Balaban J connectivity index is 2.64. The van der Waals surface area contributed by atoms with Crippen LogP contribution in [0.1, 0.15) is 16.3 Å². The van der Waals surface area contributed by atoms with E-state index in [0.29, 0.717) is 16.1 Å². The predicted octanol–water partition coefficient (Wildman–Crippen LogP) is 1.99. The Labute approximate surface area is 108 Å². The number of carboxylic acids is 1. The third kappa shape index (κ3) is 2.32. The second-order valence-electron chi connectivity index (χ2n) is 3.49. The fraction of sp³-hybridized carbons (Fsp3) is 0.0833. The maximum atomic E-state index is 11.2. The van der Waals surface area contributed by atoms with Crippen molar-refractivity contribution < 1.29 is 15.0 Å². The van der Waals surface area contributed by atoms with E-state index in [2.05, 4.69) is 9.97 Å². The number of hydrogen-bond donors (Lipinski definition) is 2. The van der Waals surface area contributed by atoms with Crippen molar-refractivity contribution in [3.05, 3.63) is 47.0 Å². The minimum Gasteiger partial charge on any atom is -0.476 e. The molecular formula is C12H9ClN2O3. The molecule has 0 atom stereocenters. The van der Waals surface area contributed by atoms with E-state index in [1.807, 2.05) is 0 Å². The second-order valence-corrected chi connectivity index (χ2v) is 3.90. The smallest absolute Gasteiger partial charge is 0.355 e. The fourth-order valence-corrected chi connectivity index (χ4v) is 1.77. The summed E-state index contributed by atoms with van der Waals surface area (Å²) in [6, 6.07) is 6.83. The van der Waals surface area contributed by atoms with Crippen LogP contribution < -0.4 is 0 Å². The monoisotopic (exact) mass is 264 g/mol. The van der Waals surface area contributed by atoms with Gasteiger partial charge in [0, 0.05) is 22.3 Å². The van der Waals surface area contributed by atoms with Crippen LogP contribution in [0, 0.1) is 0 Å². The van der Waals surface area contributed by atoms with Crippen LogP contribution in [0.3, 0.4) is 0 Å². The topological polar surface area (TPSA) is 83.3 Å². The van der Waals surface area contributed by atoms with E-state index in [0.717, 1.165) is 0 Å². The zero-order chi connectivity index (χ0) is 13.1. The number of aliphatic hydroxyl groups is 1. The van der Waals surface area contributed by atoms with Gasteiger partial charge in [-0.3, -0.25) is 0 Å². The van der Waals surface area contributed by atoms with Gasteiger partial charge < -0.3 is 10.2 Å². The van der Waals surface area contributed by atoms with Crippen LogP contribution in [0.15, 0.2) is 30.5 Å². The Morgan fingerprint density at radius 2 is 2.00 bits per heavy atom. The lowest BCUT2D eigenvalue weighted by Gasteiger charge is -2.07. The highest BCUT2D eigenvalue weighted by Crippen LogP contribution is 2.29. The summed E-state index contributed by atoms with van der Waals surface area (Å²) >= 11 is 6.01. The molecule has 92 valence electrons. The van der Waals surface area contributed by atoms with Crippen molar-refractivity contribution in [1.29, 1.82) is 0 Å². The molecule has 0 unspecified atom stereocenters. The molecule has 1 aromatic carbocycles. The summed E-state index contributed by atoms with van der Waals surface area (Å²) in [4.78, 5) is 18.8. The summed E-state index contributed by atoms with van der Waals surface area (Å²) in [6.45, 7) is -0.414. The van der Waals surface area contributed by atoms with Gasteiger partial charge in [-0.1, -0.05) is 29.8 Å². The molecule has 5 nitrogen and oxygen atoms in total. The van der Waals surface area contributed by atoms with Crippen LogP contribution >= 0.6 is 11.6 Å². The number of carbonyl (C=O) groups is 1. The number of nitrogens with zero attached hydrogens (tertiary/aromatic N) is 2. The van der Waals surface area contributed by atoms with E-state index in [4.69, 9.17) is 21.8 Å². The van der Waals surface area contributed by atoms with Crippen molar-refractivity contribution in [2.45, 2.75) is 6.61 Å². The summed E-state index contributed by atoms with van der Waals surface area (Å²) in [7, 11) is 0. The van der Waals surface area contributed by atoms with Gasteiger partial charge in [-0.15, -0.1) is 0 Å². The third-order valence-electron chi connectivity index (χ3n) is 2.35. The Morgan fingerprint density at radius 1 is 1.28 bits per heavy atom. The summed E-state index contributed by atoms with van der Waals surface area (Å²) in [5, 5.41) is 18.5. The molecule has 0 fully saturated rings. The summed E-state index contributed by atoms with van der Waals surface area (Å²) in [5.74, 6) is -1.13. The van der Waals surface area contributed by atoms with Crippen molar-refractivity contribution in [1.82, 2.24) is 9.97 Å². The van der Waals surface area contributed by atoms with Crippen LogP contribution in [-0.4, -0.2) is 26.2 Å². The molecule has 0 spiro atoms. The average molecular weight is 265 g/mol. The first-order valence-electron chi connectivity index (χ1n) is 5.08. The molecule has 2 rings (SSSR count). The SMILES string of the molecule is O=C(O)c1nc(CO)ncc1-c1ccccc1Cl. The van der Waals surface area contributed by atoms with Crippen molar-refractivity contribution in [3.63, 3.8) is 0 Å². The lowest BCUT2D eigenvalue weighted by molar-refractivity contribution is 0.0690. The Kier molecular flexibility index (Phi) is 3.55. The molecule has 2 aromatic rings. The zero-order valence-electron chi connectivity index (χ0n) is 9.17. The predicted molar refractivity (Wildman–Crippen MR) is 65.4 cm³/mol. The lowest BCUT2D eigenvalue weighted by atomic mass is 10.1. The number of hydrogen-bond acceptors (Lipinski definition) is 4. The van der Waals surface area contributed by atoms with Crippen LogP contribution in [0.2, 0.25) is 5.02 Å². The highest BCUT2D eigenvalue weighted by atomic mass is 35.5. The molecule has 0 saturated heterocycles. The Hall–Kier alpha value is -1.98. The zero-order valence-corrected chi connectivity index (χ0v) is 9.92. The van der Waals surface area contributed by atoms with E-state index < -0.39 is 12.6 Å². The number of aromatic nitrogens is 2. The summed E-state index contributed by atoms with van der Waals surface area (Å²) < 4.78 is 0. The van der Waals surface area contributed by atoms with Crippen LogP contribution in [0.5, 0.6) is 0 Å². The highest BCUT2D eigenvalue weighted by molar-refractivity contribution is 6.33. The van der Waals surface area contributed by atoms with Crippen LogP contribution in [-0.2, 0) is 6.61 Å². The van der Waals surface area contributed by atoms with Gasteiger partial charge in [0.2, 0.25) is 0 Å². The molecule has 0 amide bonds. The standard InChI is InChI=1S/C12H9ClN2O3/c13-9-4-2-1-3-7(9)8-5-14-10(6-16)15-11(8)12(17)18/h1-5,16H,6H2,(H,17,18). The lowest BCUT2D eigenvalue weighted by Crippen LogP contribution is -2.08. The van der Waals surface area contributed by atoms with Gasteiger partial charge in [0.1, 0.15) is 6.61 Å². The normalized spacial score (nSPS) is 10.3. The molecule has 0 bridgehead atoms. The average Bonchev–Trinajstić information content (AvgIpc) is 2.38. The third-order valence-corrected chi connectivity index (χ3v) is 2.68. The maximum Gasteiger partial charge on any atom is 0.355 e. The number of aliphatic hydroxyl groups excluding tert-OH is 1. The molecule has 0 saturated carbocycles. The molecule has 18 heavy (non-hydrogen) atoms. The van der Waals surface area contributed by atoms with E-state index in [1.54, 1.807) is 24.3 Å². The van der Waals surface area contributed by atoms with Crippen molar-refractivity contribution in [2.24, 2.45) is 0 Å². The van der Waals surface area contributed by atoms with Gasteiger partial charge in [-0.2, -0.15) is 0 Å². The van der Waals surface area contributed by atoms with Crippen LogP contribution in [0.25, 0.3) is 11.1 Å². The molecule has 0 aliphatic heterocycles. The Morgan fingerprint density at radius 3 is 2.61 bits per heavy atom. The van der Waals surface area contributed by atoms with Gasteiger partial charge in [-0.25, -0.2) is 14.8 Å². The van der Waals surface area contributed by atoms with Crippen molar-refractivity contribution in [2.75, 3.05) is 0 Å². The minimum absolute atomic E-state index is 0.0585. The van der Waals surface area contributed by atoms with Gasteiger partial charge in [0.25, 0.3) is 0 Å². The van der Waals surface area contributed by atoms with E-state index in [-0.39, 0.29) is 11.5 Å². The van der Waals surface area contributed by atoms with E-state index in [9.17, 15) is 4.79 Å². The number of benzene rings is 1. The molecule has 0 aliphatic rings. The fourth-order valence-electron chi connectivity index (χ4n) is 1.53. The minimum atomic E-state index is -1.19. The first-order chi connectivity index (χ1) is 8.63. The number of halogens is 1. The number of rotatable bonds is 3. The largest absolute Gasteiger partial charge is 0.476 e. The second kappa shape index (κ2) is 5.12. The molecule has 6 heteroatoms. The van der Waals surface area contributed by atoms with Crippen molar-refractivity contribution in [3.8, 4) is 11.1 Å². The molecule has 2 N–H and O–H groups in total. The summed E-state index contributed by atoms with van der Waals surface area (Å²) in [6.07, 6.45) is 1.35. The van der Waals surface area contributed by atoms with Gasteiger partial charge >= 0.3 is 5.97 Å². The van der Waals surface area contributed by atoms with Gasteiger partial charge in [0.05, 0.1) is 0 Å². The van der Waals surface area contributed by atoms with Gasteiger partial charge in [0.15, 0.2) is 11.5 Å². The Bertz CT molecular complexity index is 602. The van der Waals surface area contributed by atoms with Crippen molar-refractivity contribution >= 4 is 17.6 Å². The molecule has 0 radical (unpaired) electrons. The molecule has 1 aromatic heterocycles. The van der Waals surface area contributed by atoms with Crippen LogP contribution in [0.4, 0.5) is 0 Å². The molecule has 0 aliphatic carbocycles. The molecular weight excluding hydrogens is 256 g/mol. The quantitative estimate of drug-likeness (QED) is 0.886. The number of aromatic carboxylic acids is 1. The summed E-state index contributed by atoms with van der Waals surface area (Å²) in [5.41, 5.74) is 0.688.